The molecule has 0 bridgehead atoms. The van der Waals surface area contributed by atoms with Gasteiger partial charge in [-0.3, -0.25) is 0 Å². The Morgan fingerprint density at radius 3 is 3.06 bits per heavy atom. The highest BCUT2D eigenvalue weighted by Gasteiger charge is 2.06. The number of carboxylic acid groups (broad SMARTS) is 1. The molecule has 0 aliphatic rings. The molecule has 90 valence electrons. The summed E-state index contributed by atoms with van der Waals surface area (Å²) in [4.78, 5) is 14.6. The van der Waals surface area contributed by atoms with Crippen molar-refractivity contribution in [3.8, 4) is 5.75 Å². The van der Waals surface area contributed by atoms with Crippen molar-refractivity contribution >= 4 is 28.8 Å². The van der Waals surface area contributed by atoms with Crippen LogP contribution in [0.15, 0.2) is 24.5 Å². The average molecular weight is 255 g/mol. The monoisotopic (exact) mass is 254 g/mol. The molecule has 1 N–H and O–H groups in total. The number of hydrogen-bond acceptors (Lipinski definition) is 3. The van der Waals surface area contributed by atoms with Crippen molar-refractivity contribution in [2.24, 2.45) is 0 Å². The number of fused-ring (bicyclic) bond motifs is 1. The van der Waals surface area contributed by atoms with Crippen LogP contribution in [0, 0.1) is 0 Å². The number of imidazole rings is 1. The van der Waals surface area contributed by atoms with Crippen molar-refractivity contribution in [2.75, 3.05) is 5.88 Å². The second-order valence-electron chi connectivity index (χ2n) is 3.50. The van der Waals surface area contributed by atoms with Gasteiger partial charge in [-0.05, 0) is 18.6 Å². The van der Waals surface area contributed by atoms with E-state index in [-0.39, 0.29) is 5.75 Å². The van der Waals surface area contributed by atoms with Crippen LogP contribution in [0.1, 0.15) is 6.42 Å². The molecule has 1 aromatic carbocycles. The molecule has 2 rings (SSSR count). The van der Waals surface area contributed by atoms with Gasteiger partial charge in [0.15, 0.2) is 0 Å². The molecule has 0 aliphatic heterocycles. The summed E-state index contributed by atoms with van der Waals surface area (Å²) in [7, 11) is 0. The van der Waals surface area contributed by atoms with Crippen LogP contribution in [0.4, 0.5) is 4.79 Å². The van der Waals surface area contributed by atoms with Gasteiger partial charge < -0.3 is 14.4 Å². The number of alkyl halides is 1. The highest BCUT2D eigenvalue weighted by molar-refractivity contribution is 6.17. The van der Waals surface area contributed by atoms with E-state index in [1.165, 1.54) is 0 Å². The Balaban J connectivity index is 2.28. The second kappa shape index (κ2) is 5.05. The first-order chi connectivity index (χ1) is 8.20. The number of hydrogen-bond donors (Lipinski definition) is 1. The lowest BCUT2D eigenvalue weighted by Gasteiger charge is -2.03. The van der Waals surface area contributed by atoms with E-state index in [0.717, 1.165) is 18.5 Å². The van der Waals surface area contributed by atoms with Crippen molar-refractivity contribution in [3.63, 3.8) is 0 Å². The molecule has 0 saturated carbocycles. The zero-order valence-corrected chi connectivity index (χ0v) is 9.72. The Bertz CT molecular complexity index is 538. The summed E-state index contributed by atoms with van der Waals surface area (Å²) < 4.78 is 6.53. The van der Waals surface area contributed by atoms with E-state index in [1.54, 1.807) is 24.5 Å². The third-order valence-electron chi connectivity index (χ3n) is 2.33. The Morgan fingerprint density at radius 1 is 1.53 bits per heavy atom. The van der Waals surface area contributed by atoms with Gasteiger partial charge >= 0.3 is 6.16 Å². The van der Waals surface area contributed by atoms with Gasteiger partial charge in [0, 0.05) is 18.5 Å². The van der Waals surface area contributed by atoms with Crippen LogP contribution in [0.25, 0.3) is 11.0 Å². The van der Waals surface area contributed by atoms with Gasteiger partial charge in [0.25, 0.3) is 0 Å². The zero-order valence-electron chi connectivity index (χ0n) is 8.97. The molecule has 0 atom stereocenters. The fourth-order valence-electron chi connectivity index (χ4n) is 1.62. The summed E-state index contributed by atoms with van der Waals surface area (Å²) in [6, 6.07) is 4.99. The molecule has 6 heteroatoms. The van der Waals surface area contributed by atoms with Crippen molar-refractivity contribution in [1.29, 1.82) is 0 Å². The number of aryl methyl sites for hydroxylation is 1. The molecule has 0 radical (unpaired) electrons. The van der Waals surface area contributed by atoms with Crippen molar-refractivity contribution in [2.45, 2.75) is 13.0 Å². The highest BCUT2D eigenvalue weighted by atomic mass is 35.5. The molecular formula is C11H11ClN2O3. The Morgan fingerprint density at radius 2 is 2.35 bits per heavy atom. The molecule has 0 saturated heterocycles. The molecule has 1 heterocycles. The number of nitrogens with zero attached hydrogens (tertiary/aromatic N) is 2. The molecule has 0 aliphatic carbocycles. The number of carbonyl (C=O) groups is 1. The van der Waals surface area contributed by atoms with E-state index in [4.69, 9.17) is 16.7 Å². The second-order valence-corrected chi connectivity index (χ2v) is 3.88. The number of benzene rings is 1. The van der Waals surface area contributed by atoms with Crippen LogP contribution in [0.5, 0.6) is 5.75 Å². The molecule has 0 amide bonds. The third-order valence-corrected chi connectivity index (χ3v) is 2.60. The van der Waals surface area contributed by atoms with Crippen LogP contribution >= 0.6 is 11.6 Å². The molecule has 0 spiro atoms. The topological polar surface area (TPSA) is 64.3 Å². The molecule has 0 fully saturated rings. The van der Waals surface area contributed by atoms with Gasteiger partial charge in [-0.2, -0.15) is 0 Å². The quantitative estimate of drug-likeness (QED) is 0.518. The number of halogens is 1. The van der Waals surface area contributed by atoms with Gasteiger partial charge in [0.2, 0.25) is 0 Å². The van der Waals surface area contributed by atoms with E-state index >= 15 is 0 Å². The number of ether oxygens (including phenoxy) is 1. The third kappa shape index (κ3) is 2.68. The molecule has 5 nitrogen and oxygen atoms in total. The Labute approximate surface area is 103 Å². The Kier molecular flexibility index (Phi) is 3.49. The van der Waals surface area contributed by atoms with Gasteiger partial charge in [0.1, 0.15) is 5.75 Å². The van der Waals surface area contributed by atoms with E-state index in [2.05, 4.69) is 9.72 Å². The lowest BCUT2D eigenvalue weighted by atomic mass is 10.3. The van der Waals surface area contributed by atoms with Crippen LogP contribution in [0.2, 0.25) is 0 Å². The fourth-order valence-corrected chi connectivity index (χ4v) is 1.74. The average Bonchev–Trinajstić information content (AvgIpc) is 2.68. The van der Waals surface area contributed by atoms with Gasteiger partial charge in [0.05, 0.1) is 17.4 Å². The maximum atomic E-state index is 10.4. The van der Waals surface area contributed by atoms with Gasteiger partial charge in [-0.25, -0.2) is 9.78 Å². The first-order valence-electron chi connectivity index (χ1n) is 5.12. The van der Waals surface area contributed by atoms with Crippen LogP contribution in [0.3, 0.4) is 0 Å². The molecule has 0 unspecified atom stereocenters. The highest BCUT2D eigenvalue weighted by Crippen LogP contribution is 2.20. The summed E-state index contributed by atoms with van der Waals surface area (Å²) in [6.45, 7) is 0.791. The maximum Gasteiger partial charge on any atom is 0.511 e. The minimum atomic E-state index is -1.33. The molecule has 17 heavy (non-hydrogen) atoms. The number of aromatic nitrogens is 2. The SMILES string of the molecule is O=C(O)Oc1ccc2c(c1)ncn2CCCCl. The van der Waals surface area contributed by atoms with E-state index in [1.807, 2.05) is 4.57 Å². The normalized spacial score (nSPS) is 10.6. The predicted molar refractivity (Wildman–Crippen MR) is 63.7 cm³/mol. The fraction of sp³-hybridized carbons (Fsp3) is 0.273. The minimum Gasteiger partial charge on any atom is -0.449 e. The Hall–Kier alpha value is -1.75. The largest absolute Gasteiger partial charge is 0.511 e. The zero-order chi connectivity index (χ0) is 12.3. The van der Waals surface area contributed by atoms with E-state index in [0.29, 0.717) is 11.4 Å². The van der Waals surface area contributed by atoms with E-state index in [9.17, 15) is 4.79 Å². The molecule has 2 aromatic rings. The summed E-state index contributed by atoms with van der Waals surface area (Å²) in [5.41, 5.74) is 1.64. The van der Waals surface area contributed by atoms with Gasteiger partial charge in [-0.1, -0.05) is 0 Å². The van der Waals surface area contributed by atoms with Gasteiger partial charge in [-0.15, -0.1) is 11.6 Å². The molecular weight excluding hydrogens is 244 g/mol. The van der Waals surface area contributed by atoms with Crippen molar-refractivity contribution < 1.29 is 14.6 Å². The van der Waals surface area contributed by atoms with Crippen LogP contribution < -0.4 is 4.74 Å². The minimum absolute atomic E-state index is 0.271. The summed E-state index contributed by atoms with van der Waals surface area (Å²) in [5, 5.41) is 8.50. The lowest BCUT2D eigenvalue weighted by molar-refractivity contribution is 0.144. The standard InChI is InChI=1S/C11H11ClN2O3/c12-4-1-5-14-7-13-9-6-8(17-11(15)16)2-3-10(9)14/h2-3,6-7H,1,4-5H2,(H,15,16). The van der Waals surface area contributed by atoms with E-state index < -0.39 is 6.16 Å². The van der Waals surface area contributed by atoms with Crippen molar-refractivity contribution in [1.82, 2.24) is 9.55 Å². The van der Waals surface area contributed by atoms with Crippen LogP contribution in [-0.2, 0) is 6.54 Å². The summed E-state index contributed by atoms with van der Waals surface area (Å²) in [6.07, 6.45) is 1.24. The number of rotatable bonds is 4. The summed E-state index contributed by atoms with van der Waals surface area (Å²) >= 11 is 5.63. The predicted octanol–water partition coefficient (Wildman–Crippen LogP) is 2.72. The first-order valence-corrected chi connectivity index (χ1v) is 5.66. The summed E-state index contributed by atoms with van der Waals surface area (Å²) in [5.74, 6) is 0.868. The maximum absolute atomic E-state index is 10.4. The first kappa shape index (κ1) is 11.7. The van der Waals surface area contributed by atoms with Crippen molar-refractivity contribution in [3.05, 3.63) is 24.5 Å². The smallest absolute Gasteiger partial charge is 0.449 e. The van der Waals surface area contributed by atoms with Crippen LogP contribution in [-0.4, -0.2) is 26.7 Å². The molecule has 1 aromatic heterocycles. The lowest BCUT2D eigenvalue weighted by Crippen LogP contribution is -2.02.